The summed E-state index contributed by atoms with van der Waals surface area (Å²) in [5, 5.41) is 29.1. The van der Waals surface area contributed by atoms with Crippen LogP contribution < -0.4 is 19.5 Å². The molecule has 2 aromatic rings. The molecule has 30 heavy (non-hydrogen) atoms. The van der Waals surface area contributed by atoms with Gasteiger partial charge in [-0.1, -0.05) is 0 Å². The largest absolute Gasteiger partial charge is 0.479 e. The summed E-state index contributed by atoms with van der Waals surface area (Å²) in [5.41, 5.74) is -0.0787. The molecule has 0 aliphatic carbocycles. The molecular weight excluding hydrogens is 406 g/mol. The van der Waals surface area contributed by atoms with Gasteiger partial charge in [-0.2, -0.15) is 0 Å². The lowest BCUT2D eigenvalue weighted by molar-refractivity contribution is -0.141. The monoisotopic (exact) mass is 423 g/mol. The Bertz CT molecular complexity index is 881. The zero-order valence-electron chi connectivity index (χ0n) is 15.3. The van der Waals surface area contributed by atoms with Crippen LogP contribution in [0.4, 0.5) is 0 Å². The van der Waals surface area contributed by atoms with Crippen LogP contribution in [0.15, 0.2) is 34.9 Å². The van der Waals surface area contributed by atoms with Crippen LogP contribution in [0, 0.1) is 0 Å². The minimum Gasteiger partial charge on any atom is -0.479 e. The number of carbonyl (C=O) groups is 4. The van der Waals surface area contributed by atoms with Gasteiger partial charge in [-0.05, 0) is 24.3 Å². The smallest absolute Gasteiger partial charge is 0.341 e. The van der Waals surface area contributed by atoms with Gasteiger partial charge in [0.2, 0.25) is 5.75 Å². The van der Waals surface area contributed by atoms with Gasteiger partial charge in [0, 0.05) is 5.56 Å². The van der Waals surface area contributed by atoms with E-state index in [0.29, 0.717) is 5.76 Å². The Morgan fingerprint density at radius 1 is 0.867 bits per heavy atom. The van der Waals surface area contributed by atoms with Crippen molar-refractivity contribution in [3.8, 4) is 17.2 Å². The lowest BCUT2D eigenvalue weighted by Crippen LogP contribution is -2.23. The molecule has 12 heteroatoms. The molecule has 1 amide bonds. The quantitative estimate of drug-likeness (QED) is 0.375. The molecule has 0 saturated carbocycles. The van der Waals surface area contributed by atoms with Crippen molar-refractivity contribution in [2.45, 2.75) is 6.54 Å². The average molecular weight is 423 g/mol. The molecule has 0 spiro atoms. The van der Waals surface area contributed by atoms with E-state index in [0.717, 1.165) is 12.1 Å². The Hall–Kier alpha value is -4.22. The summed E-state index contributed by atoms with van der Waals surface area (Å²) in [4.78, 5) is 45.0. The van der Waals surface area contributed by atoms with Crippen LogP contribution >= 0.6 is 0 Å². The van der Waals surface area contributed by atoms with Crippen LogP contribution in [0.3, 0.4) is 0 Å². The van der Waals surface area contributed by atoms with Gasteiger partial charge in [-0.25, -0.2) is 14.4 Å². The van der Waals surface area contributed by atoms with Crippen LogP contribution in [0.5, 0.6) is 17.2 Å². The number of carboxylic acids is 3. The number of hydrogen-bond donors (Lipinski definition) is 4. The van der Waals surface area contributed by atoms with Crippen LogP contribution in [0.1, 0.15) is 16.1 Å². The van der Waals surface area contributed by atoms with E-state index >= 15 is 0 Å². The number of hydrogen-bond acceptors (Lipinski definition) is 8. The van der Waals surface area contributed by atoms with Gasteiger partial charge in [-0.3, -0.25) is 4.79 Å². The number of furan rings is 1. The highest BCUT2D eigenvalue weighted by Crippen LogP contribution is 2.39. The fourth-order valence-electron chi connectivity index (χ4n) is 2.16. The van der Waals surface area contributed by atoms with E-state index in [9.17, 15) is 19.2 Å². The summed E-state index contributed by atoms with van der Waals surface area (Å²) in [6, 6.07) is 5.49. The fourth-order valence-corrected chi connectivity index (χ4v) is 2.16. The highest BCUT2D eigenvalue weighted by molar-refractivity contribution is 5.95. The maximum atomic E-state index is 12.5. The number of aliphatic carboxylic acids is 3. The molecule has 0 aliphatic heterocycles. The topological polar surface area (TPSA) is 182 Å². The van der Waals surface area contributed by atoms with Gasteiger partial charge in [0.05, 0.1) is 12.8 Å². The maximum absolute atomic E-state index is 12.5. The molecule has 0 fully saturated rings. The van der Waals surface area contributed by atoms with Crippen molar-refractivity contribution in [1.82, 2.24) is 5.32 Å². The minimum atomic E-state index is -1.36. The van der Waals surface area contributed by atoms with Crippen molar-refractivity contribution in [2.24, 2.45) is 0 Å². The zero-order chi connectivity index (χ0) is 22.1. The van der Waals surface area contributed by atoms with Gasteiger partial charge in [-0.15, -0.1) is 0 Å². The van der Waals surface area contributed by atoms with Crippen LogP contribution in [0.2, 0.25) is 0 Å². The lowest BCUT2D eigenvalue weighted by Gasteiger charge is -2.17. The molecule has 0 unspecified atom stereocenters. The highest BCUT2D eigenvalue weighted by Gasteiger charge is 2.21. The molecule has 1 heterocycles. The Morgan fingerprint density at radius 2 is 1.40 bits per heavy atom. The molecule has 4 N–H and O–H groups in total. The number of amides is 1. The van der Waals surface area contributed by atoms with Gasteiger partial charge in [0.1, 0.15) is 5.76 Å². The van der Waals surface area contributed by atoms with Gasteiger partial charge < -0.3 is 39.3 Å². The number of rotatable bonds is 12. The van der Waals surface area contributed by atoms with Gasteiger partial charge in [0.25, 0.3) is 5.91 Å². The van der Waals surface area contributed by atoms with Crippen LogP contribution in [-0.4, -0.2) is 59.0 Å². The third kappa shape index (κ3) is 6.74. The van der Waals surface area contributed by atoms with E-state index in [2.05, 4.69) is 5.32 Å². The molecular formula is C18H17NO11. The fraction of sp³-hybridized carbons (Fsp3) is 0.222. The highest BCUT2D eigenvalue weighted by atomic mass is 16.6. The first kappa shape index (κ1) is 22.1. The Kier molecular flexibility index (Phi) is 7.62. The second kappa shape index (κ2) is 10.4. The van der Waals surface area contributed by atoms with Gasteiger partial charge in [0.15, 0.2) is 31.3 Å². The van der Waals surface area contributed by atoms with E-state index in [4.69, 9.17) is 33.9 Å². The molecule has 0 saturated heterocycles. The normalized spacial score (nSPS) is 10.1. The SMILES string of the molecule is O=C(O)COc1cc(C(=O)NCc2ccco2)cc(OCC(=O)O)c1OCC(=O)O. The molecule has 2 rings (SSSR count). The third-order valence-electron chi connectivity index (χ3n) is 3.33. The summed E-state index contributed by atoms with van der Waals surface area (Å²) >= 11 is 0. The van der Waals surface area contributed by atoms with Crippen molar-refractivity contribution in [2.75, 3.05) is 19.8 Å². The van der Waals surface area contributed by atoms with E-state index in [1.165, 1.54) is 6.26 Å². The molecule has 0 bridgehead atoms. The zero-order valence-corrected chi connectivity index (χ0v) is 15.3. The van der Waals surface area contributed by atoms with Crippen molar-refractivity contribution in [3.05, 3.63) is 41.9 Å². The molecule has 1 aromatic heterocycles. The first-order valence-electron chi connectivity index (χ1n) is 8.28. The number of benzene rings is 1. The lowest BCUT2D eigenvalue weighted by atomic mass is 10.1. The molecule has 160 valence electrons. The molecule has 0 aliphatic rings. The summed E-state index contributed by atoms with van der Waals surface area (Å²) in [6.45, 7) is -2.48. The van der Waals surface area contributed by atoms with E-state index in [-0.39, 0.29) is 29.4 Å². The summed E-state index contributed by atoms with van der Waals surface area (Å²) in [6.07, 6.45) is 1.42. The minimum absolute atomic E-state index is 0.0414. The van der Waals surface area contributed by atoms with Crippen molar-refractivity contribution in [3.63, 3.8) is 0 Å². The second-order valence-electron chi connectivity index (χ2n) is 5.61. The molecule has 12 nitrogen and oxygen atoms in total. The second-order valence-corrected chi connectivity index (χ2v) is 5.61. The molecule has 0 atom stereocenters. The van der Waals surface area contributed by atoms with Crippen molar-refractivity contribution >= 4 is 23.8 Å². The third-order valence-corrected chi connectivity index (χ3v) is 3.33. The predicted molar refractivity (Wildman–Crippen MR) is 95.7 cm³/mol. The molecule has 0 radical (unpaired) electrons. The predicted octanol–water partition coefficient (Wildman–Crippen LogP) is 0.600. The van der Waals surface area contributed by atoms with Crippen molar-refractivity contribution in [1.29, 1.82) is 0 Å². The number of nitrogens with one attached hydrogen (secondary N) is 1. The Labute approximate surface area is 168 Å². The van der Waals surface area contributed by atoms with Crippen molar-refractivity contribution < 1.29 is 53.1 Å². The first-order chi connectivity index (χ1) is 14.3. The number of ether oxygens (including phenoxy) is 3. The standard InChI is InChI=1S/C18H17NO11/c20-14(21)7-28-12-4-10(18(26)19-6-11-2-1-3-27-11)5-13(29-8-15(22)23)17(12)30-9-16(24)25/h1-5H,6-9H2,(H,19,26)(H,20,21)(H,22,23)(H,24,25). The van der Waals surface area contributed by atoms with Gasteiger partial charge >= 0.3 is 17.9 Å². The summed E-state index contributed by atoms with van der Waals surface area (Å²) in [7, 11) is 0. The maximum Gasteiger partial charge on any atom is 0.341 e. The number of carboxylic acid groups (broad SMARTS) is 3. The summed E-state index contributed by atoms with van der Waals surface area (Å²) in [5.74, 6) is -5.22. The Morgan fingerprint density at radius 3 is 1.87 bits per heavy atom. The average Bonchev–Trinajstić information content (AvgIpc) is 3.20. The number of carbonyl (C=O) groups excluding carboxylic acids is 1. The first-order valence-corrected chi connectivity index (χ1v) is 8.28. The van der Waals surface area contributed by atoms with Crippen LogP contribution in [-0.2, 0) is 20.9 Å². The van der Waals surface area contributed by atoms with E-state index < -0.39 is 43.6 Å². The van der Waals surface area contributed by atoms with E-state index in [1.807, 2.05) is 0 Å². The summed E-state index contributed by atoms with van der Waals surface area (Å²) < 4.78 is 20.3. The van der Waals surface area contributed by atoms with Crippen LogP contribution in [0.25, 0.3) is 0 Å². The Balaban J connectivity index is 2.36. The molecule has 1 aromatic carbocycles. The van der Waals surface area contributed by atoms with E-state index in [1.54, 1.807) is 12.1 Å².